The number of esters is 2. The molecule has 0 saturated carbocycles. The van der Waals surface area contributed by atoms with Gasteiger partial charge in [0.15, 0.2) is 24.8 Å². The number of carbonyl (C=O) groups is 2. The Morgan fingerprint density at radius 2 is 1.65 bits per heavy atom. The molecule has 142 valence electrons. The summed E-state index contributed by atoms with van der Waals surface area (Å²) >= 11 is 0. The fourth-order valence-corrected chi connectivity index (χ4v) is 3.16. The minimum atomic E-state index is -0.947. The fourth-order valence-electron chi connectivity index (χ4n) is 3.16. The Labute approximate surface area is 151 Å². The first-order chi connectivity index (χ1) is 12.5. The molecule has 8 nitrogen and oxygen atoms in total. The maximum Gasteiger partial charge on any atom is 0.303 e. The second-order valence-electron chi connectivity index (χ2n) is 6.10. The summed E-state index contributed by atoms with van der Waals surface area (Å²) < 4.78 is 33.6. The predicted octanol–water partition coefficient (Wildman–Crippen LogP) is 1.34. The Kier molecular flexibility index (Phi) is 5.87. The number of rotatable bonds is 4. The van der Waals surface area contributed by atoms with Gasteiger partial charge in [-0.2, -0.15) is 0 Å². The third-order valence-corrected chi connectivity index (χ3v) is 4.19. The van der Waals surface area contributed by atoms with E-state index in [0.29, 0.717) is 0 Å². The van der Waals surface area contributed by atoms with Gasteiger partial charge in [0.1, 0.15) is 12.2 Å². The van der Waals surface area contributed by atoms with Gasteiger partial charge in [-0.15, -0.1) is 0 Å². The molecule has 0 aliphatic carbocycles. The van der Waals surface area contributed by atoms with Crippen LogP contribution >= 0.6 is 0 Å². The number of hydrogen-bond acceptors (Lipinski definition) is 8. The lowest BCUT2D eigenvalue weighted by molar-refractivity contribution is -0.359. The molecule has 1 aromatic carbocycles. The molecule has 1 aromatic rings. The van der Waals surface area contributed by atoms with E-state index in [2.05, 4.69) is 0 Å². The van der Waals surface area contributed by atoms with Crippen molar-refractivity contribution in [2.45, 2.75) is 50.8 Å². The molecule has 2 fully saturated rings. The van der Waals surface area contributed by atoms with Gasteiger partial charge >= 0.3 is 11.9 Å². The van der Waals surface area contributed by atoms with Gasteiger partial charge in [0.25, 0.3) is 0 Å². The number of carbonyl (C=O) groups excluding carboxylic acids is 2. The van der Waals surface area contributed by atoms with Crippen LogP contribution in [0.5, 0.6) is 0 Å². The number of ether oxygens (including phenoxy) is 6. The van der Waals surface area contributed by atoms with Crippen LogP contribution in [-0.2, 0) is 38.0 Å². The van der Waals surface area contributed by atoms with Gasteiger partial charge in [-0.25, -0.2) is 0 Å². The zero-order valence-electron chi connectivity index (χ0n) is 14.8. The first-order valence-corrected chi connectivity index (χ1v) is 8.34. The SMILES string of the molecule is CO[C@H]1O[C@@H]2CO[C@H](c3ccccc3)O[C@H]2[C@H](OC(C)=O)[C@H]1OC(C)=O. The molecule has 0 bridgehead atoms. The fraction of sp³-hybridized carbons (Fsp3) is 0.556. The average molecular weight is 366 g/mol. The summed E-state index contributed by atoms with van der Waals surface area (Å²) in [5.74, 6) is -1.06. The molecular formula is C18H22O8. The molecule has 0 amide bonds. The molecule has 0 unspecified atom stereocenters. The highest BCUT2D eigenvalue weighted by Gasteiger charge is 2.53. The van der Waals surface area contributed by atoms with E-state index in [-0.39, 0.29) is 6.61 Å². The minimum Gasteiger partial charge on any atom is -0.455 e. The molecule has 3 rings (SSSR count). The molecule has 2 heterocycles. The third kappa shape index (κ3) is 4.04. The number of methoxy groups -OCH3 is 1. The average Bonchev–Trinajstić information content (AvgIpc) is 2.63. The summed E-state index contributed by atoms with van der Waals surface area (Å²) in [6.07, 6.45) is -4.57. The highest BCUT2D eigenvalue weighted by molar-refractivity contribution is 5.67. The topological polar surface area (TPSA) is 89.5 Å². The Morgan fingerprint density at radius 1 is 1.00 bits per heavy atom. The summed E-state index contributed by atoms with van der Waals surface area (Å²) in [5, 5.41) is 0. The Hall–Kier alpha value is -2.00. The van der Waals surface area contributed by atoms with E-state index in [1.54, 1.807) is 0 Å². The molecule has 8 heteroatoms. The molecule has 0 radical (unpaired) electrons. The van der Waals surface area contributed by atoms with Crippen molar-refractivity contribution < 1.29 is 38.0 Å². The summed E-state index contributed by atoms with van der Waals surface area (Å²) in [5.41, 5.74) is 0.824. The minimum absolute atomic E-state index is 0.217. The first-order valence-electron chi connectivity index (χ1n) is 8.34. The van der Waals surface area contributed by atoms with E-state index in [0.717, 1.165) is 5.56 Å². The summed E-state index contributed by atoms with van der Waals surface area (Å²) in [6.45, 7) is 2.76. The Balaban J connectivity index is 1.86. The van der Waals surface area contributed by atoms with Crippen LogP contribution in [0.15, 0.2) is 30.3 Å². The van der Waals surface area contributed by atoms with Gasteiger partial charge in [-0.1, -0.05) is 30.3 Å². The van der Waals surface area contributed by atoms with Gasteiger partial charge in [-0.05, 0) is 0 Å². The lowest BCUT2D eigenvalue weighted by Gasteiger charge is -2.47. The zero-order valence-corrected chi connectivity index (χ0v) is 14.8. The van der Waals surface area contributed by atoms with E-state index in [1.165, 1.54) is 21.0 Å². The molecule has 2 saturated heterocycles. The number of fused-ring (bicyclic) bond motifs is 1. The Morgan fingerprint density at radius 3 is 2.27 bits per heavy atom. The van der Waals surface area contributed by atoms with E-state index < -0.39 is 48.9 Å². The van der Waals surface area contributed by atoms with Gasteiger partial charge in [0, 0.05) is 26.5 Å². The molecule has 2 aliphatic rings. The molecular weight excluding hydrogens is 344 g/mol. The van der Waals surface area contributed by atoms with Crippen LogP contribution in [0.25, 0.3) is 0 Å². The maximum atomic E-state index is 11.6. The highest BCUT2D eigenvalue weighted by Crippen LogP contribution is 2.36. The highest BCUT2D eigenvalue weighted by atomic mass is 16.8. The lowest BCUT2D eigenvalue weighted by atomic mass is 9.97. The van der Waals surface area contributed by atoms with Crippen molar-refractivity contribution in [3.8, 4) is 0 Å². The molecule has 0 aromatic heterocycles. The quantitative estimate of drug-likeness (QED) is 0.738. The summed E-state index contributed by atoms with van der Waals surface area (Å²) in [7, 11) is 1.42. The normalized spacial score (nSPS) is 33.8. The summed E-state index contributed by atoms with van der Waals surface area (Å²) in [6, 6.07) is 9.38. The molecule has 26 heavy (non-hydrogen) atoms. The predicted molar refractivity (Wildman–Crippen MR) is 86.8 cm³/mol. The van der Waals surface area contributed by atoms with Crippen LogP contribution < -0.4 is 0 Å². The van der Waals surface area contributed by atoms with Gasteiger partial charge in [0.2, 0.25) is 0 Å². The van der Waals surface area contributed by atoms with E-state index >= 15 is 0 Å². The van der Waals surface area contributed by atoms with Gasteiger partial charge in [-0.3, -0.25) is 9.59 Å². The van der Waals surface area contributed by atoms with Crippen LogP contribution in [0.2, 0.25) is 0 Å². The van der Waals surface area contributed by atoms with Crippen LogP contribution in [0.3, 0.4) is 0 Å². The number of benzene rings is 1. The monoisotopic (exact) mass is 366 g/mol. The molecule has 6 atom stereocenters. The molecule has 0 N–H and O–H groups in total. The van der Waals surface area contributed by atoms with E-state index in [4.69, 9.17) is 28.4 Å². The van der Waals surface area contributed by atoms with Crippen molar-refractivity contribution in [2.24, 2.45) is 0 Å². The van der Waals surface area contributed by atoms with Gasteiger partial charge in [0.05, 0.1) is 6.61 Å². The second kappa shape index (κ2) is 8.13. The lowest BCUT2D eigenvalue weighted by Crippen LogP contribution is -2.64. The van der Waals surface area contributed by atoms with Crippen molar-refractivity contribution in [3.63, 3.8) is 0 Å². The second-order valence-corrected chi connectivity index (χ2v) is 6.10. The van der Waals surface area contributed by atoms with Crippen molar-refractivity contribution in [2.75, 3.05) is 13.7 Å². The summed E-state index contributed by atoms with van der Waals surface area (Å²) in [4.78, 5) is 23.1. The van der Waals surface area contributed by atoms with Crippen molar-refractivity contribution in [1.29, 1.82) is 0 Å². The number of hydrogen-bond donors (Lipinski definition) is 0. The van der Waals surface area contributed by atoms with Crippen LogP contribution in [0.4, 0.5) is 0 Å². The molecule has 0 spiro atoms. The van der Waals surface area contributed by atoms with Crippen LogP contribution in [0.1, 0.15) is 25.7 Å². The third-order valence-electron chi connectivity index (χ3n) is 4.19. The van der Waals surface area contributed by atoms with Crippen LogP contribution in [0, 0.1) is 0 Å². The van der Waals surface area contributed by atoms with Crippen molar-refractivity contribution in [1.82, 2.24) is 0 Å². The largest absolute Gasteiger partial charge is 0.455 e. The molecule has 2 aliphatic heterocycles. The van der Waals surface area contributed by atoms with Crippen molar-refractivity contribution >= 4 is 11.9 Å². The van der Waals surface area contributed by atoms with Crippen molar-refractivity contribution in [3.05, 3.63) is 35.9 Å². The zero-order chi connectivity index (χ0) is 18.7. The van der Waals surface area contributed by atoms with E-state index in [1.807, 2.05) is 30.3 Å². The maximum absolute atomic E-state index is 11.6. The van der Waals surface area contributed by atoms with Crippen LogP contribution in [-0.4, -0.2) is 56.4 Å². The van der Waals surface area contributed by atoms with Gasteiger partial charge < -0.3 is 28.4 Å². The standard InChI is InChI=1S/C18H22O8/c1-10(19)23-15-14-13(25-18(21-3)16(15)24-11(2)20)9-22-17(26-14)12-7-5-4-6-8-12/h4-8,13-18H,9H2,1-3H3/t13-,14-,15+,16-,17+,18+/m1/s1. The first kappa shape index (κ1) is 18.8. The van der Waals surface area contributed by atoms with E-state index in [9.17, 15) is 9.59 Å². The Bertz CT molecular complexity index is 633. The smallest absolute Gasteiger partial charge is 0.303 e.